The third-order valence-electron chi connectivity index (χ3n) is 3.36. The monoisotopic (exact) mass is 314 g/mol. The first-order valence-corrected chi connectivity index (χ1v) is 7.06. The molecule has 0 radical (unpaired) electrons. The van der Waals surface area contributed by atoms with Crippen LogP contribution in [0.3, 0.4) is 0 Å². The van der Waals surface area contributed by atoms with E-state index in [0.29, 0.717) is 29.9 Å². The molecule has 1 aromatic carbocycles. The lowest BCUT2D eigenvalue weighted by Gasteiger charge is -2.03. The lowest BCUT2D eigenvalue weighted by atomic mass is 10.1. The number of benzene rings is 1. The van der Waals surface area contributed by atoms with Gasteiger partial charge in [-0.05, 0) is 24.3 Å². The predicted octanol–water partition coefficient (Wildman–Crippen LogP) is 1.91. The molecule has 0 bridgehead atoms. The van der Waals surface area contributed by atoms with Crippen molar-refractivity contribution in [2.24, 2.45) is 0 Å². The van der Waals surface area contributed by atoms with Gasteiger partial charge in [-0.25, -0.2) is 9.37 Å². The lowest BCUT2D eigenvalue weighted by Crippen LogP contribution is -2.28. The fraction of sp³-hybridized carbons (Fsp3) is 0.188. The molecule has 0 unspecified atom stereocenters. The number of nitrogens with zero attached hydrogens (tertiary/aromatic N) is 3. The summed E-state index contributed by atoms with van der Waals surface area (Å²) in [6, 6.07) is 5.96. The van der Waals surface area contributed by atoms with Crippen LogP contribution in [0.15, 0.2) is 42.9 Å². The number of carbonyl (C=O) groups is 1. The van der Waals surface area contributed by atoms with Gasteiger partial charge in [-0.3, -0.25) is 14.2 Å². The number of aromatic nitrogens is 3. The number of fused-ring (bicyclic) bond motifs is 1. The van der Waals surface area contributed by atoms with Crippen LogP contribution >= 0.6 is 0 Å². The molecule has 23 heavy (non-hydrogen) atoms. The van der Waals surface area contributed by atoms with Gasteiger partial charge in [0.1, 0.15) is 5.82 Å². The molecule has 0 saturated heterocycles. The zero-order chi connectivity index (χ0) is 16.2. The molecule has 0 aliphatic carbocycles. The summed E-state index contributed by atoms with van der Waals surface area (Å²) in [5.41, 5.74) is 1.97. The van der Waals surface area contributed by atoms with Crippen LogP contribution in [-0.4, -0.2) is 40.5 Å². The van der Waals surface area contributed by atoms with E-state index < -0.39 is 0 Å². The van der Waals surface area contributed by atoms with E-state index >= 15 is 0 Å². The Kier molecular flexibility index (Phi) is 4.29. The summed E-state index contributed by atoms with van der Waals surface area (Å²) in [6.45, 7) is 0.808. The van der Waals surface area contributed by atoms with Crippen LogP contribution in [0.4, 0.5) is 4.39 Å². The van der Waals surface area contributed by atoms with Crippen molar-refractivity contribution in [1.29, 1.82) is 0 Å². The van der Waals surface area contributed by atoms with Gasteiger partial charge in [-0.1, -0.05) is 0 Å². The van der Waals surface area contributed by atoms with E-state index in [1.54, 1.807) is 42.2 Å². The van der Waals surface area contributed by atoms with Gasteiger partial charge in [0.05, 0.1) is 24.0 Å². The molecular weight excluding hydrogens is 299 g/mol. The van der Waals surface area contributed by atoms with Gasteiger partial charge in [0.25, 0.3) is 5.91 Å². The van der Waals surface area contributed by atoms with E-state index in [1.165, 1.54) is 12.1 Å². The van der Waals surface area contributed by atoms with E-state index in [-0.39, 0.29) is 17.5 Å². The second-order valence-electron chi connectivity index (χ2n) is 4.87. The van der Waals surface area contributed by atoms with E-state index in [4.69, 9.17) is 4.74 Å². The molecule has 6 nitrogen and oxygen atoms in total. The molecule has 2 aromatic heterocycles. The maximum atomic E-state index is 13.1. The highest BCUT2D eigenvalue weighted by Crippen LogP contribution is 2.24. The van der Waals surface area contributed by atoms with Crippen molar-refractivity contribution in [2.75, 3.05) is 20.3 Å². The van der Waals surface area contributed by atoms with Gasteiger partial charge in [-0.2, -0.15) is 0 Å². The number of hydrogen-bond donors (Lipinski definition) is 1. The Morgan fingerprint density at radius 3 is 2.87 bits per heavy atom. The maximum Gasteiger partial charge on any atom is 0.287 e. The molecule has 0 saturated carbocycles. The highest BCUT2D eigenvalue weighted by molar-refractivity contribution is 5.94. The van der Waals surface area contributed by atoms with Gasteiger partial charge in [0.2, 0.25) is 5.82 Å². The molecule has 0 fully saturated rings. The summed E-state index contributed by atoms with van der Waals surface area (Å²) in [5, 5.41) is 2.74. The molecule has 3 aromatic rings. The van der Waals surface area contributed by atoms with Crippen LogP contribution < -0.4 is 5.32 Å². The molecular formula is C16H15FN4O2. The van der Waals surface area contributed by atoms with Crippen molar-refractivity contribution < 1.29 is 13.9 Å². The number of hydrogen-bond acceptors (Lipinski definition) is 4. The van der Waals surface area contributed by atoms with E-state index in [1.807, 2.05) is 0 Å². The Hall–Kier alpha value is -2.80. The Morgan fingerprint density at radius 1 is 1.35 bits per heavy atom. The normalized spacial score (nSPS) is 10.9. The van der Waals surface area contributed by atoms with Crippen LogP contribution in [0.25, 0.3) is 16.8 Å². The summed E-state index contributed by atoms with van der Waals surface area (Å²) in [5.74, 6) is -0.387. The van der Waals surface area contributed by atoms with Gasteiger partial charge in [-0.15, -0.1) is 0 Å². The minimum absolute atomic E-state index is 0.248. The van der Waals surface area contributed by atoms with Crippen molar-refractivity contribution in [1.82, 2.24) is 19.7 Å². The van der Waals surface area contributed by atoms with E-state index in [2.05, 4.69) is 15.3 Å². The quantitative estimate of drug-likeness (QED) is 0.731. The minimum atomic E-state index is -0.326. The number of nitrogens with one attached hydrogen (secondary N) is 1. The van der Waals surface area contributed by atoms with Gasteiger partial charge >= 0.3 is 0 Å². The standard InChI is InChI=1S/C16H15FN4O2/c1-23-9-7-19-16(22)15-20-14(11-2-4-12(17)5-3-11)13-10-18-6-8-21(13)15/h2-6,8,10H,7,9H2,1H3,(H,19,22). The SMILES string of the molecule is COCCNC(=O)c1nc(-c2ccc(F)cc2)c2cnccn12. The largest absolute Gasteiger partial charge is 0.383 e. The van der Waals surface area contributed by atoms with E-state index in [0.717, 1.165) is 0 Å². The number of carbonyl (C=O) groups excluding carboxylic acids is 1. The average molecular weight is 314 g/mol. The van der Waals surface area contributed by atoms with Crippen LogP contribution in [0, 0.1) is 5.82 Å². The Labute approximate surface area is 131 Å². The van der Waals surface area contributed by atoms with Crippen LogP contribution in [0.2, 0.25) is 0 Å². The first kappa shape index (κ1) is 15.1. The van der Waals surface area contributed by atoms with E-state index in [9.17, 15) is 9.18 Å². The molecule has 0 atom stereocenters. The third kappa shape index (κ3) is 3.04. The molecule has 3 rings (SSSR count). The number of amides is 1. The highest BCUT2D eigenvalue weighted by atomic mass is 19.1. The number of ether oxygens (including phenoxy) is 1. The molecule has 2 heterocycles. The van der Waals surface area contributed by atoms with Crippen molar-refractivity contribution in [2.45, 2.75) is 0 Å². The van der Waals surface area contributed by atoms with Gasteiger partial charge in [0.15, 0.2) is 0 Å². The first-order chi connectivity index (χ1) is 11.2. The van der Waals surface area contributed by atoms with Crippen molar-refractivity contribution in [3.8, 4) is 11.3 Å². The Morgan fingerprint density at radius 2 is 2.13 bits per heavy atom. The van der Waals surface area contributed by atoms with Crippen molar-refractivity contribution >= 4 is 11.4 Å². The first-order valence-electron chi connectivity index (χ1n) is 7.06. The van der Waals surface area contributed by atoms with Crippen LogP contribution in [0.1, 0.15) is 10.6 Å². The minimum Gasteiger partial charge on any atom is -0.383 e. The molecule has 1 amide bonds. The molecule has 118 valence electrons. The number of rotatable bonds is 5. The number of methoxy groups -OCH3 is 1. The average Bonchev–Trinajstić information content (AvgIpc) is 2.95. The molecule has 0 aliphatic heterocycles. The summed E-state index contributed by atoms with van der Waals surface area (Å²) < 4.78 is 19.7. The summed E-state index contributed by atoms with van der Waals surface area (Å²) in [6.07, 6.45) is 4.87. The summed E-state index contributed by atoms with van der Waals surface area (Å²) in [7, 11) is 1.56. The van der Waals surface area contributed by atoms with Gasteiger partial charge in [0, 0.05) is 31.6 Å². The smallest absolute Gasteiger partial charge is 0.287 e. The number of imidazole rings is 1. The zero-order valence-electron chi connectivity index (χ0n) is 12.5. The fourth-order valence-corrected chi connectivity index (χ4v) is 2.26. The highest BCUT2D eigenvalue weighted by Gasteiger charge is 2.18. The van der Waals surface area contributed by atoms with Gasteiger partial charge < -0.3 is 10.1 Å². The zero-order valence-corrected chi connectivity index (χ0v) is 12.5. The lowest BCUT2D eigenvalue weighted by molar-refractivity contribution is 0.0926. The molecule has 7 heteroatoms. The third-order valence-corrected chi connectivity index (χ3v) is 3.36. The topological polar surface area (TPSA) is 68.5 Å². The second kappa shape index (κ2) is 6.53. The number of halogens is 1. The Bertz CT molecular complexity index is 830. The predicted molar refractivity (Wildman–Crippen MR) is 82.6 cm³/mol. The van der Waals surface area contributed by atoms with Crippen LogP contribution in [0.5, 0.6) is 0 Å². The molecule has 1 N–H and O–H groups in total. The molecule has 0 spiro atoms. The second-order valence-corrected chi connectivity index (χ2v) is 4.87. The fourth-order valence-electron chi connectivity index (χ4n) is 2.26. The van der Waals surface area contributed by atoms with Crippen molar-refractivity contribution in [3.05, 3.63) is 54.5 Å². The Balaban J connectivity index is 2.03. The molecule has 0 aliphatic rings. The maximum absolute atomic E-state index is 13.1. The summed E-state index contributed by atoms with van der Waals surface area (Å²) >= 11 is 0. The summed E-state index contributed by atoms with van der Waals surface area (Å²) in [4.78, 5) is 20.8. The van der Waals surface area contributed by atoms with Crippen LogP contribution in [-0.2, 0) is 4.74 Å². The van der Waals surface area contributed by atoms with Crippen molar-refractivity contribution in [3.63, 3.8) is 0 Å².